The van der Waals surface area contributed by atoms with E-state index in [-0.39, 0.29) is 23.6 Å². The van der Waals surface area contributed by atoms with Gasteiger partial charge < -0.3 is 25.3 Å². The van der Waals surface area contributed by atoms with E-state index in [0.29, 0.717) is 17.2 Å². The Balaban J connectivity index is 1.48. The van der Waals surface area contributed by atoms with Crippen LogP contribution in [-0.2, 0) is 9.59 Å². The first-order chi connectivity index (χ1) is 12.8. The number of aliphatic hydroxyl groups is 1. The van der Waals surface area contributed by atoms with Gasteiger partial charge in [0.25, 0.3) is 0 Å². The molecule has 150 valence electrons. The van der Waals surface area contributed by atoms with Gasteiger partial charge in [0, 0.05) is 35.2 Å². The molecule has 1 amide bonds. The molecule has 0 aromatic carbocycles. The second-order valence-electron chi connectivity index (χ2n) is 8.57. The highest BCUT2D eigenvalue weighted by Crippen LogP contribution is 2.52. The maximum Gasteiger partial charge on any atom is 0.353 e. The zero-order valence-electron chi connectivity index (χ0n) is 16.1. The number of carbonyl (C=O) groups is 2. The van der Waals surface area contributed by atoms with Gasteiger partial charge in [-0.2, -0.15) is 0 Å². The zero-order valence-corrected chi connectivity index (χ0v) is 16.9. The number of carboxylic acid groups (broad SMARTS) is 1. The van der Waals surface area contributed by atoms with Crippen LogP contribution in [0.5, 0.6) is 0 Å². The molecule has 4 aliphatic heterocycles. The van der Waals surface area contributed by atoms with E-state index < -0.39 is 18.0 Å². The number of aliphatic hydroxyl groups excluding tert-OH is 1. The number of hydrogen-bond acceptors (Lipinski definition) is 6. The predicted molar refractivity (Wildman–Crippen MR) is 103 cm³/mol. The van der Waals surface area contributed by atoms with E-state index >= 15 is 0 Å². The van der Waals surface area contributed by atoms with Gasteiger partial charge in [-0.05, 0) is 39.3 Å². The van der Waals surface area contributed by atoms with Crippen LogP contribution in [0.1, 0.15) is 26.7 Å². The molecular formula is C19H29N3O4S. The van der Waals surface area contributed by atoms with E-state index in [1.54, 1.807) is 18.7 Å². The van der Waals surface area contributed by atoms with Crippen LogP contribution in [0.3, 0.4) is 0 Å². The van der Waals surface area contributed by atoms with Crippen LogP contribution >= 0.6 is 11.8 Å². The smallest absolute Gasteiger partial charge is 0.353 e. The van der Waals surface area contributed by atoms with Crippen LogP contribution in [0.15, 0.2) is 10.6 Å². The molecule has 27 heavy (non-hydrogen) atoms. The zero-order chi connectivity index (χ0) is 19.5. The van der Waals surface area contributed by atoms with Gasteiger partial charge in [-0.15, -0.1) is 11.8 Å². The summed E-state index contributed by atoms with van der Waals surface area (Å²) in [5.41, 5.74) is 0.142. The number of fused-ring (bicyclic) bond motifs is 1. The number of rotatable bonds is 5. The fourth-order valence-electron chi connectivity index (χ4n) is 5.34. The highest BCUT2D eigenvalue weighted by atomic mass is 32.2. The summed E-state index contributed by atoms with van der Waals surface area (Å²) in [5.74, 6) is -1.17. The Morgan fingerprint density at radius 3 is 2.74 bits per heavy atom. The van der Waals surface area contributed by atoms with Gasteiger partial charge in [-0.25, -0.2) is 4.79 Å². The average Bonchev–Trinajstić information content (AvgIpc) is 3.27. The molecule has 0 aromatic heterocycles. The topological polar surface area (TPSA) is 93.1 Å². The molecule has 0 unspecified atom stereocenters. The molecule has 4 rings (SSSR count). The second-order valence-corrected chi connectivity index (χ2v) is 9.92. The molecular weight excluding hydrogens is 366 g/mol. The maximum atomic E-state index is 12.4. The number of β-lactam (4-membered cyclic amide) rings is 1. The van der Waals surface area contributed by atoms with Crippen molar-refractivity contribution in [1.82, 2.24) is 15.1 Å². The van der Waals surface area contributed by atoms with Crippen molar-refractivity contribution < 1.29 is 19.8 Å². The third-order valence-corrected chi connectivity index (χ3v) is 8.24. The van der Waals surface area contributed by atoms with E-state index in [2.05, 4.69) is 17.3 Å². The van der Waals surface area contributed by atoms with Gasteiger partial charge in [0.1, 0.15) is 5.70 Å². The van der Waals surface area contributed by atoms with Crippen LogP contribution in [0, 0.1) is 17.8 Å². The van der Waals surface area contributed by atoms with Gasteiger partial charge in [-0.3, -0.25) is 4.79 Å². The van der Waals surface area contributed by atoms with Crippen molar-refractivity contribution in [3.63, 3.8) is 0 Å². The third kappa shape index (κ3) is 3.10. The molecule has 0 aliphatic carbocycles. The average molecular weight is 396 g/mol. The summed E-state index contributed by atoms with van der Waals surface area (Å²) in [6.07, 6.45) is 1.49. The number of carbonyl (C=O) groups excluding carboxylic acids is 1. The summed E-state index contributed by atoms with van der Waals surface area (Å²) in [6, 6.07) is 0.265. The number of nitrogens with zero attached hydrogens (tertiary/aromatic N) is 2. The van der Waals surface area contributed by atoms with E-state index in [9.17, 15) is 19.8 Å². The Kier molecular flexibility index (Phi) is 5.03. The minimum Gasteiger partial charge on any atom is -0.477 e. The normalized spacial score (nSPS) is 40.4. The van der Waals surface area contributed by atoms with E-state index in [1.807, 2.05) is 6.92 Å². The maximum absolute atomic E-state index is 12.4. The van der Waals surface area contributed by atoms with Crippen molar-refractivity contribution >= 4 is 23.6 Å². The first-order valence-electron chi connectivity index (χ1n) is 9.86. The molecule has 0 aromatic rings. The molecule has 4 aliphatic rings. The summed E-state index contributed by atoms with van der Waals surface area (Å²) in [4.78, 5) is 28.9. The molecule has 8 heteroatoms. The molecule has 0 bridgehead atoms. The summed E-state index contributed by atoms with van der Waals surface area (Å²) >= 11 is 1.63. The number of hydrogen-bond donors (Lipinski definition) is 3. The number of carboxylic acids is 1. The van der Waals surface area contributed by atoms with Gasteiger partial charge in [-0.1, -0.05) is 6.92 Å². The standard InChI is InChI=1S/C19H29N3O4S/c1-9-15-14(10(2)23)18(24)22(15)16(19(25)26)17(9)27-12-6-13(20-7-12)11-4-5-21(3)8-11/h9-15,20,23H,4-8H2,1-3H3,(H,25,26)/t9-,10-,11+,12+,13+,14-,15-/m1/s1. The quantitative estimate of drug-likeness (QED) is 0.586. The van der Waals surface area contributed by atoms with Crippen molar-refractivity contribution in [3.8, 4) is 0 Å². The molecule has 4 heterocycles. The Morgan fingerprint density at radius 2 is 2.15 bits per heavy atom. The van der Waals surface area contributed by atoms with Gasteiger partial charge in [0.2, 0.25) is 5.91 Å². The SMILES string of the molecule is C[C@@H](O)[C@H]1C(=O)N2C(C(=O)O)=C(S[C@@H]3CN[C@H]([C@H]4CCN(C)C4)C3)[C@H](C)[C@H]12. The highest BCUT2D eigenvalue weighted by molar-refractivity contribution is 8.03. The largest absolute Gasteiger partial charge is 0.477 e. The number of amides is 1. The summed E-state index contributed by atoms with van der Waals surface area (Å²) < 4.78 is 0. The first-order valence-corrected chi connectivity index (χ1v) is 10.7. The van der Waals surface area contributed by atoms with Gasteiger partial charge >= 0.3 is 5.97 Å². The number of thioether (sulfide) groups is 1. The third-order valence-electron chi connectivity index (χ3n) is 6.73. The first kappa shape index (κ1) is 19.2. The van der Waals surface area contributed by atoms with Crippen molar-refractivity contribution in [2.45, 2.75) is 50.1 Å². The number of nitrogens with one attached hydrogen (secondary N) is 1. The predicted octanol–water partition coefficient (Wildman–Crippen LogP) is 0.556. The molecule has 3 fully saturated rings. The van der Waals surface area contributed by atoms with Crippen molar-refractivity contribution in [2.75, 3.05) is 26.7 Å². The van der Waals surface area contributed by atoms with Gasteiger partial charge in [0.15, 0.2) is 0 Å². The molecule has 0 radical (unpaired) electrons. The lowest BCUT2D eigenvalue weighted by Gasteiger charge is -2.46. The van der Waals surface area contributed by atoms with E-state index in [0.717, 1.165) is 31.0 Å². The summed E-state index contributed by atoms with van der Waals surface area (Å²) in [7, 11) is 2.16. The Hall–Kier alpha value is -1.09. The minimum atomic E-state index is -1.04. The Labute approximate surface area is 164 Å². The minimum absolute atomic E-state index is 0.0462. The van der Waals surface area contributed by atoms with Crippen LogP contribution in [-0.4, -0.2) is 82.0 Å². The van der Waals surface area contributed by atoms with Crippen LogP contribution in [0.4, 0.5) is 0 Å². The molecule has 3 saturated heterocycles. The lowest BCUT2D eigenvalue weighted by molar-refractivity contribution is -0.163. The van der Waals surface area contributed by atoms with Gasteiger partial charge in [0.05, 0.1) is 18.1 Å². The molecule has 7 nitrogen and oxygen atoms in total. The van der Waals surface area contributed by atoms with Crippen molar-refractivity contribution in [1.29, 1.82) is 0 Å². The summed E-state index contributed by atoms with van der Waals surface area (Å²) in [5, 5.41) is 23.7. The van der Waals surface area contributed by atoms with Crippen molar-refractivity contribution in [2.24, 2.45) is 17.8 Å². The van der Waals surface area contributed by atoms with Crippen molar-refractivity contribution in [3.05, 3.63) is 10.6 Å². The fourth-order valence-corrected chi connectivity index (χ4v) is 6.83. The lowest BCUT2D eigenvalue weighted by atomic mass is 9.79. The lowest BCUT2D eigenvalue weighted by Crippen LogP contribution is -2.63. The number of aliphatic carboxylic acids is 1. The Bertz CT molecular complexity index is 682. The van der Waals surface area contributed by atoms with Crippen LogP contribution in [0.25, 0.3) is 0 Å². The van der Waals surface area contributed by atoms with E-state index in [1.165, 1.54) is 11.3 Å². The monoisotopic (exact) mass is 395 g/mol. The second kappa shape index (κ2) is 7.06. The highest BCUT2D eigenvalue weighted by Gasteiger charge is 2.60. The molecule has 0 saturated carbocycles. The molecule has 7 atom stereocenters. The van der Waals surface area contributed by atoms with Crippen LogP contribution in [0.2, 0.25) is 0 Å². The summed E-state index contributed by atoms with van der Waals surface area (Å²) in [6.45, 7) is 6.74. The Morgan fingerprint density at radius 1 is 1.41 bits per heavy atom. The fraction of sp³-hybridized carbons (Fsp3) is 0.789. The van der Waals surface area contributed by atoms with E-state index in [4.69, 9.17) is 0 Å². The molecule has 3 N–H and O–H groups in total. The number of likely N-dealkylation sites (tertiary alicyclic amines) is 1. The van der Waals surface area contributed by atoms with Crippen LogP contribution < -0.4 is 5.32 Å². The molecule has 0 spiro atoms.